The van der Waals surface area contributed by atoms with E-state index in [0.29, 0.717) is 0 Å². The second-order valence-corrected chi connectivity index (χ2v) is 3.03. The van der Waals surface area contributed by atoms with Gasteiger partial charge in [-0.25, -0.2) is 8.78 Å². The zero-order chi connectivity index (χ0) is 8.48. The van der Waals surface area contributed by atoms with E-state index in [0.717, 1.165) is 0 Å². The van der Waals surface area contributed by atoms with Crippen LogP contribution in [0, 0.1) is 5.92 Å². The Hall–Kier alpha value is -0.220. The molecule has 0 heterocycles. The lowest BCUT2D eigenvalue weighted by atomic mass is 9.71. The zero-order valence-corrected chi connectivity index (χ0v) is 6.39. The van der Waals surface area contributed by atoms with Crippen molar-refractivity contribution in [2.75, 3.05) is 13.7 Å². The Balaban J connectivity index is 2.43. The van der Waals surface area contributed by atoms with E-state index in [1.807, 2.05) is 0 Å². The molecule has 66 valence electrons. The molecule has 1 saturated carbocycles. The molecule has 0 unspecified atom stereocenters. The summed E-state index contributed by atoms with van der Waals surface area (Å²) in [5, 5.41) is 8.60. The quantitative estimate of drug-likeness (QED) is 0.678. The van der Waals surface area contributed by atoms with Crippen LogP contribution in [0.4, 0.5) is 8.78 Å². The van der Waals surface area contributed by atoms with Crippen LogP contribution in [0.15, 0.2) is 0 Å². The maximum Gasteiger partial charge on any atom is 0.267 e. The molecule has 0 radical (unpaired) electrons. The van der Waals surface area contributed by atoms with E-state index in [2.05, 4.69) is 0 Å². The third kappa shape index (κ3) is 1.37. The Morgan fingerprint density at radius 1 is 1.64 bits per heavy atom. The molecule has 1 aliphatic rings. The fourth-order valence-corrected chi connectivity index (χ4v) is 1.48. The van der Waals surface area contributed by atoms with Crippen molar-refractivity contribution in [1.82, 2.24) is 0 Å². The molecule has 2 nitrogen and oxygen atoms in total. The molecule has 0 aromatic carbocycles. The van der Waals surface area contributed by atoms with E-state index in [1.54, 1.807) is 0 Å². The van der Waals surface area contributed by atoms with Crippen molar-refractivity contribution >= 4 is 0 Å². The van der Waals surface area contributed by atoms with Gasteiger partial charge in [-0.2, -0.15) is 0 Å². The summed E-state index contributed by atoms with van der Waals surface area (Å²) >= 11 is 0. The van der Waals surface area contributed by atoms with Crippen molar-refractivity contribution in [3.05, 3.63) is 0 Å². The highest BCUT2D eigenvalue weighted by Gasteiger charge is 2.51. The molecule has 1 aliphatic carbocycles. The van der Waals surface area contributed by atoms with Crippen LogP contribution in [0.5, 0.6) is 0 Å². The topological polar surface area (TPSA) is 29.5 Å². The molecule has 1 fully saturated rings. The summed E-state index contributed by atoms with van der Waals surface area (Å²) in [5.41, 5.74) is -1.26. The molecule has 0 aromatic heterocycles. The number of aliphatic hydroxyl groups is 1. The summed E-state index contributed by atoms with van der Waals surface area (Å²) in [7, 11) is 1.29. The summed E-state index contributed by atoms with van der Waals surface area (Å²) in [4.78, 5) is 0. The number of methoxy groups -OCH3 is 1. The van der Waals surface area contributed by atoms with Gasteiger partial charge in [0.15, 0.2) is 0 Å². The van der Waals surface area contributed by atoms with Crippen LogP contribution in [0.25, 0.3) is 0 Å². The number of ether oxygens (including phenoxy) is 1. The molecule has 11 heavy (non-hydrogen) atoms. The van der Waals surface area contributed by atoms with E-state index in [-0.39, 0.29) is 25.4 Å². The molecule has 0 aliphatic heterocycles. The maximum atomic E-state index is 12.2. The van der Waals surface area contributed by atoms with Gasteiger partial charge >= 0.3 is 0 Å². The lowest BCUT2D eigenvalue weighted by molar-refractivity contribution is -0.193. The minimum absolute atomic E-state index is 0.00366. The number of hydrogen-bond donors (Lipinski definition) is 1. The smallest absolute Gasteiger partial charge is 0.267 e. The van der Waals surface area contributed by atoms with Crippen LogP contribution < -0.4 is 0 Å². The Morgan fingerprint density at radius 3 is 2.45 bits per heavy atom. The van der Waals surface area contributed by atoms with Crippen LogP contribution in [0.2, 0.25) is 0 Å². The summed E-state index contributed by atoms with van der Waals surface area (Å²) in [6, 6.07) is 0. The second-order valence-electron chi connectivity index (χ2n) is 3.03. The van der Waals surface area contributed by atoms with Gasteiger partial charge in [0.1, 0.15) is 5.60 Å². The first kappa shape index (κ1) is 8.87. The Bertz CT molecular complexity index is 132. The first-order valence-electron chi connectivity index (χ1n) is 3.59. The van der Waals surface area contributed by atoms with Gasteiger partial charge in [0.05, 0.1) is 0 Å². The highest BCUT2D eigenvalue weighted by molar-refractivity contribution is 4.97. The van der Waals surface area contributed by atoms with Gasteiger partial charge in [0, 0.05) is 13.7 Å². The summed E-state index contributed by atoms with van der Waals surface area (Å²) in [6.07, 6.45) is -1.88. The van der Waals surface area contributed by atoms with Crippen LogP contribution in [-0.4, -0.2) is 30.8 Å². The fraction of sp³-hybridized carbons (Fsp3) is 1.00. The SMILES string of the molecule is COC1(C(F)F)CC(CO)C1. The number of hydrogen-bond acceptors (Lipinski definition) is 2. The van der Waals surface area contributed by atoms with Crippen LogP contribution in [-0.2, 0) is 4.74 Å². The lowest BCUT2D eigenvalue weighted by Crippen LogP contribution is -2.52. The predicted octanol–water partition coefficient (Wildman–Crippen LogP) is 1.04. The third-order valence-corrected chi connectivity index (χ3v) is 2.33. The van der Waals surface area contributed by atoms with Gasteiger partial charge in [0.25, 0.3) is 6.43 Å². The molecule has 0 spiro atoms. The van der Waals surface area contributed by atoms with Gasteiger partial charge in [-0.15, -0.1) is 0 Å². The molecule has 1 N–H and O–H groups in total. The average Bonchev–Trinajstić information content (AvgIpc) is 1.86. The molecule has 0 saturated heterocycles. The molecular weight excluding hydrogens is 154 g/mol. The van der Waals surface area contributed by atoms with Gasteiger partial charge in [-0.05, 0) is 18.8 Å². The average molecular weight is 166 g/mol. The zero-order valence-electron chi connectivity index (χ0n) is 6.39. The van der Waals surface area contributed by atoms with Crippen LogP contribution in [0.3, 0.4) is 0 Å². The molecule has 0 amide bonds. The predicted molar refractivity (Wildman–Crippen MR) is 35.6 cm³/mol. The third-order valence-electron chi connectivity index (χ3n) is 2.33. The van der Waals surface area contributed by atoms with Crippen molar-refractivity contribution in [2.45, 2.75) is 24.9 Å². The number of alkyl halides is 2. The van der Waals surface area contributed by atoms with Gasteiger partial charge in [-0.1, -0.05) is 0 Å². The van der Waals surface area contributed by atoms with E-state index < -0.39 is 12.0 Å². The van der Waals surface area contributed by atoms with E-state index >= 15 is 0 Å². The summed E-state index contributed by atoms with van der Waals surface area (Å²) in [6.45, 7) is -0.0160. The first-order valence-corrected chi connectivity index (χ1v) is 3.59. The summed E-state index contributed by atoms with van der Waals surface area (Å²) < 4.78 is 29.2. The Kier molecular flexibility index (Phi) is 2.44. The molecule has 0 aromatic rings. The van der Waals surface area contributed by atoms with E-state index in [1.165, 1.54) is 7.11 Å². The summed E-state index contributed by atoms with van der Waals surface area (Å²) in [5.74, 6) is 0.00366. The van der Waals surface area contributed by atoms with E-state index in [9.17, 15) is 8.78 Å². The van der Waals surface area contributed by atoms with E-state index in [4.69, 9.17) is 9.84 Å². The number of halogens is 2. The fourth-order valence-electron chi connectivity index (χ4n) is 1.48. The van der Waals surface area contributed by atoms with Crippen LogP contribution in [0.1, 0.15) is 12.8 Å². The van der Waals surface area contributed by atoms with Gasteiger partial charge < -0.3 is 9.84 Å². The largest absolute Gasteiger partial charge is 0.396 e. The number of rotatable bonds is 3. The molecule has 4 heteroatoms. The van der Waals surface area contributed by atoms with Crippen molar-refractivity contribution in [3.8, 4) is 0 Å². The Labute approximate surface area is 64.2 Å². The Morgan fingerprint density at radius 2 is 2.18 bits per heavy atom. The molecular formula is C7H12F2O2. The molecule has 0 atom stereocenters. The lowest BCUT2D eigenvalue weighted by Gasteiger charge is -2.45. The highest BCUT2D eigenvalue weighted by atomic mass is 19.3. The van der Waals surface area contributed by atoms with Crippen molar-refractivity contribution in [2.24, 2.45) is 5.92 Å². The van der Waals surface area contributed by atoms with Crippen LogP contribution >= 0.6 is 0 Å². The number of aliphatic hydroxyl groups excluding tert-OH is 1. The maximum absolute atomic E-state index is 12.2. The van der Waals surface area contributed by atoms with Gasteiger partial charge in [0.2, 0.25) is 0 Å². The minimum Gasteiger partial charge on any atom is -0.396 e. The monoisotopic (exact) mass is 166 g/mol. The van der Waals surface area contributed by atoms with Crippen molar-refractivity contribution < 1.29 is 18.6 Å². The standard InChI is InChI=1S/C7H12F2O2/c1-11-7(6(8)9)2-5(3-7)4-10/h5-6,10H,2-4H2,1H3. The normalized spacial score (nSPS) is 37.4. The molecule has 0 bridgehead atoms. The first-order chi connectivity index (χ1) is 5.14. The molecule has 1 rings (SSSR count). The highest BCUT2D eigenvalue weighted by Crippen LogP contribution is 2.44. The van der Waals surface area contributed by atoms with Crippen molar-refractivity contribution in [1.29, 1.82) is 0 Å². The minimum atomic E-state index is -2.43. The van der Waals surface area contributed by atoms with Gasteiger partial charge in [-0.3, -0.25) is 0 Å². The van der Waals surface area contributed by atoms with Crippen molar-refractivity contribution in [3.63, 3.8) is 0 Å². The second kappa shape index (κ2) is 3.03.